The highest BCUT2D eigenvalue weighted by Gasteiger charge is 2.40. The molecule has 1 aliphatic heterocycles. The van der Waals surface area contributed by atoms with Gasteiger partial charge in [-0.15, -0.1) is 0 Å². The monoisotopic (exact) mass is 331 g/mol. The molecule has 1 aliphatic carbocycles. The van der Waals surface area contributed by atoms with Crippen LogP contribution in [0.4, 0.5) is 0 Å². The van der Waals surface area contributed by atoms with Crippen LogP contribution in [0.25, 0.3) is 0 Å². The molecule has 4 nitrogen and oxygen atoms in total. The summed E-state index contributed by atoms with van der Waals surface area (Å²) < 4.78 is 0. The number of benzene rings is 1. The minimum atomic E-state index is -0.991. The highest BCUT2D eigenvalue weighted by molar-refractivity contribution is 7.80. The average Bonchev–Trinajstić information content (AvgIpc) is 2.94. The molecule has 3 rings (SSSR count). The lowest BCUT2D eigenvalue weighted by Gasteiger charge is -2.25. The van der Waals surface area contributed by atoms with Crippen LogP contribution < -0.4 is 5.32 Å². The third-order valence-corrected chi connectivity index (χ3v) is 5.44. The summed E-state index contributed by atoms with van der Waals surface area (Å²) in [5, 5.41) is 12.0. The van der Waals surface area contributed by atoms with Crippen LogP contribution in [0.1, 0.15) is 30.4 Å². The zero-order valence-corrected chi connectivity index (χ0v) is 13.8. The predicted octanol–water partition coefficient (Wildman–Crippen LogP) is 2.18. The Morgan fingerprint density at radius 3 is 2.74 bits per heavy atom. The Bertz CT molecular complexity index is 643. The number of aliphatic carboxylic acids is 1. The summed E-state index contributed by atoms with van der Waals surface area (Å²) in [4.78, 5) is 24.2. The molecule has 3 atom stereocenters. The standard InChI is InChI=1S/C18H21NO3S/c20-14(16-15(23)10-19-17(16)18(21)22)8-6-11-5-7-12-3-1-2-4-13(12)9-11/h1-4,11,16-17,19H,5-10H2,(H,21,22)/t11?,16?,17-/m0/s1. The summed E-state index contributed by atoms with van der Waals surface area (Å²) in [5.41, 5.74) is 2.81. The van der Waals surface area contributed by atoms with Crippen LogP contribution in [-0.2, 0) is 22.4 Å². The number of rotatable bonds is 5. The van der Waals surface area contributed by atoms with Gasteiger partial charge in [0.25, 0.3) is 0 Å². The summed E-state index contributed by atoms with van der Waals surface area (Å²) in [6.07, 6.45) is 4.41. The van der Waals surface area contributed by atoms with E-state index in [-0.39, 0.29) is 5.78 Å². The quantitative estimate of drug-likeness (QED) is 0.810. The van der Waals surface area contributed by atoms with Gasteiger partial charge in [-0.05, 0) is 42.7 Å². The van der Waals surface area contributed by atoms with Gasteiger partial charge in [-0.2, -0.15) is 0 Å². The van der Waals surface area contributed by atoms with Crippen molar-refractivity contribution in [2.24, 2.45) is 11.8 Å². The van der Waals surface area contributed by atoms with Gasteiger partial charge >= 0.3 is 5.97 Å². The molecule has 0 spiro atoms. The minimum absolute atomic E-state index is 0.0220. The number of carboxylic acids is 1. The number of hydrogen-bond acceptors (Lipinski definition) is 4. The number of carbonyl (C=O) groups is 2. The van der Waals surface area contributed by atoms with Gasteiger partial charge in [0.05, 0.1) is 5.92 Å². The van der Waals surface area contributed by atoms with Crippen molar-refractivity contribution < 1.29 is 14.7 Å². The fraction of sp³-hybridized carbons (Fsp3) is 0.500. The van der Waals surface area contributed by atoms with Gasteiger partial charge in [-0.1, -0.05) is 36.5 Å². The third kappa shape index (κ3) is 3.51. The van der Waals surface area contributed by atoms with Crippen LogP contribution in [0.3, 0.4) is 0 Å². The molecule has 1 aromatic carbocycles. The highest BCUT2D eigenvalue weighted by Crippen LogP contribution is 2.29. The summed E-state index contributed by atoms with van der Waals surface area (Å²) >= 11 is 5.19. The molecule has 2 unspecified atom stereocenters. The predicted molar refractivity (Wildman–Crippen MR) is 91.7 cm³/mol. The Kier molecular flexibility index (Phi) is 4.87. The normalized spacial score (nSPS) is 26.8. The summed E-state index contributed by atoms with van der Waals surface area (Å²) in [7, 11) is 0. The number of ketones is 1. The van der Waals surface area contributed by atoms with Crippen molar-refractivity contribution in [2.45, 2.75) is 38.1 Å². The van der Waals surface area contributed by atoms with E-state index in [1.807, 2.05) is 0 Å². The SMILES string of the molecule is O=C(CCC1CCc2ccccc2C1)C1C(=S)CN[C@@H]1C(=O)O. The highest BCUT2D eigenvalue weighted by atomic mass is 32.1. The van der Waals surface area contributed by atoms with E-state index < -0.39 is 17.9 Å². The van der Waals surface area contributed by atoms with Crippen LogP contribution in [0.5, 0.6) is 0 Å². The van der Waals surface area contributed by atoms with Crippen LogP contribution in [0.2, 0.25) is 0 Å². The summed E-state index contributed by atoms with van der Waals surface area (Å²) in [6, 6.07) is 7.63. The Morgan fingerprint density at radius 1 is 1.26 bits per heavy atom. The number of hydrogen-bond donors (Lipinski definition) is 2. The van der Waals surface area contributed by atoms with E-state index in [0.717, 1.165) is 25.7 Å². The van der Waals surface area contributed by atoms with Crippen molar-refractivity contribution in [1.82, 2.24) is 5.32 Å². The molecule has 0 radical (unpaired) electrons. The van der Waals surface area contributed by atoms with Gasteiger partial charge in [-0.3, -0.25) is 14.9 Å². The second-order valence-electron chi connectivity index (χ2n) is 6.52. The van der Waals surface area contributed by atoms with Gasteiger partial charge < -0.3 is 5.11 Å². The molecule has 0 amide bonds. The number of aryl methyl sites for hydroxylation is 1. The molecule has 0 bridgehead atoms. The van der Waals surface area contributed by atoms with Crippen LogP contribution in [0.15, 0.2) is 24.3 Å². The molecule has 1 aromatic rings. The fourth-order valence-electron chi connectivity index (χ4n) is 3.74. The first-order chi connectivity index (χ1) is 11.1. The number of Topliss-reactive ketones (excluding diaryl/α,β-unsaturated/α-hetero) is 1. The Morgan fingerprint density at radius 2 is 2.00 bits per heavy atom. The van der Waals surface area contributed by atoms with Gasteiger partial charge in [0.2, 0.25) is 0 Å². The maximum absolute atomic E-state index is 12.5. The van der Waals surface area contributed by atoms with Crippen LogP contribution in [-0.4, -0.2) is 34.3 Å². The van der Waals surface area contributed by atoms with Crippen molar-refractivity contribution in [3.05, 3.63) is 35.4 Å². The molecular weight excluding hydrogens is 310 g/mol. The van der Waals surface area contributed by atoms with Crippen molar-refractivity contribution in [2.75, 3.05) is 6.54 Å². The smallest absolute Gasteiger partial charge is 0.321 e. The maximum Gasteiger partial charge on any atom is 0.321 e. The van der Waals surface area contributed by atoms with Crippen molar-refractivity contribution >= 4 is 28.8 Å². The summed E-state index contributed by atoms with van der Waals surface area (Å²) in [5.74, 6) is -1.15. The summed E-state index contributed by atoms with van der Waals surface area (Å²) in [6.45, 7) is 0.347. The lowest BCUT2D eigenvalue weighted by molar-refractivity contribution is -0.141. The first-order valence-corrected chi connectivity index (χ1v) is 8.55. The lowest BCUT2D eigenvalue weighted by Crippen LogP contribution is -2.39. The van der Waals surface area contributed by atoms with Gasteiger partial charge in [-0.25, -0.2) is 0 Å². The lowest BCUT2D eigenvalue weighted by atomic mass is 9.80. The topological polar surface area (TPSA) is 66.4 Å². The van der Waals surface area contributed by atoms with Crippen molar-refractivity contribution in [3.8, 4) is 0 Å². The van der Waals surface area contributed by atoms with Crippen molar-refractivity contribution in [1.29, 1.82) is 0 Å². The third-order valence-electron chi connectivity index (χ3n) is 5.04. The molecule has 5 heteroatoms. The first-order valence-electron chi connectivity index (χ1n) is 8.14. The number of nitrogens with one attached hydrogen (secondary N) is 1. The Hall–Kier alpha value is -1.59. The van der Waals surface area contributed by atoms with Crippen LogP contribution in [0, 0.1) is 11.8 Å². The molecule has 1 heterocycles. The van der Waals surface area contributed by atoms with E-state index in [0.29, 0.717) is 23.7 Å². The van der Waals surface area contributed by atoms with E-state index >= 15 is 0 Å². The number of carbonyl (C=O) groups excluding carboxylic acids is 1. The van der Waals surface area contributed by atoms with E-state index in [9.17, 15) is 14.7 Å². The van der Waals surface area contributed by atoms with E-state index in [1.54, 1.807) is 0 Å². The zero-order valence-electron chi connectivity index (χ0n) is 13.0. The number of thiocarbonyl (C=S) groups is 1. The minimum Gasteiger partial charge on any atom is -0.480 e. The van der Waals surface area contributed by atoms with Gasteiger partial charge in [0.1, 0.15) is 11.8 Å². The molecule has 1 fully saturated rings. The number of fused-ring (bicyclic) bond motifs is 1. The molecule has 1 saturated heterocycles. The Labute approximate surface area is 141 Å². The van der Waals surface area contributed by atoms with Crippen molar-refractivity contribution in [3.63, 3.8) is 0 Å². The molecule has 2 N–H and O–H groups in total. The second-order valence-corrected chi connectivity index (χ2v) is 7.05. The maximum atomic E-state index is 12.5. The van der Waals surface area contributed by atoms with Gasteiger partial charge in [0.15, 0.2) is 0 Å². The van der Waals surface area contributed by atoms with E-state index in [4.69, 9.17) is 12.2 Å². The molecule has 2 aliphatic rings. The largest absolute Gasteiger partial charge is 0.480 e. The fourth-order valence-corrected chi connectivity index (χ4v) is 4.09. The molecular formula is C18H21NO3S. The van der Waals surface area contributed by atoms with E-state index in [1.165, 1.54) is 11.1 Å². The molecule has 122 valence electrons. The van der Waals surface area contributed by atoms with E-state index in [2.05, 4.69) is 29.6 Å². The molecule has 23 heavy (non-hydrogen) atoms. The average molecular weight is 331 g/mol. The second kappa shape index (κ2) is 6.89. The molecule has 0 saturated carbocycles. The Balaban J connectivity index is 1.57. The molecule has 0 aromatic heterocycles. The number of carboxylic acid groups (broad SMARTS) is 1. The zero-order chi connectivity index (χ0) is 16.4. The van der Waals surface area contributed by atoms with Gasteiger partial charge in [0, 0.05) is 17.8 Å². The van der Waals surface area contributed by atoms with Crippen LogP contribution >= 0.6 is 12.2 Å². The first kappa shape index (κ1) is 16.3.